The molecule has 19 heavy (non-hydrogen) atoms. The van der Waals surface area contributed by atoms with Crippen molar-refractivity contribution in [1.82, 2.24) is 9.55 Å². The molecular weight excluding hydrogens is 288 g/mol. The van der Waals surface area contributed by atoms with Crippen LogP contribution in [0.5, 0.6) is 0 Å². The van der Waals surface area contributed by atoms with E-state index in [0.717, 1.165) is 12.1 Å². The predicted octanol–water partition coefficient (Wildman–Crippen LogP) is 3.04. The number of rotatable bonds is 1. The Bertz CT molecular complexity index is 681. The van der Waals surface area contributed by atoms with Gasteiger partial charge in [0.05, 0.1) is 18.1 Å². The number of halogens is 5. The molecule has 1 aromatic carbocycles. The van der Waals surface area contributed by atoms with Crippen molar-refractivity contribution in [3.05, 3.63) is 57.5 Å². The van der Waals surface area contributed by atoms with E-state index < -0.39 is 28.9 Å². The number of nitrogens with zero attached hydrogens (tertiary/aromatic N) is 2. The minimum atomic E-state index is -4.83. The molecule has 0 bridgehead atoms. The van der Waals surface area contributed by atoms with Gasteiger partial charge in [-0.15, -0.1) is 0 Å². The maximum Gasteiger partial charge on any atom is 0.433 e. The van der Waals surface area contributed by atoms with Crippen molar-refractivity contribution in [1.29, 1.82) is 0 Å². The van der Waals surface area contributed by atoms with Crippen LogP contribution >= 0.6 is 11.6 Å². The zero-order valence-corrected chi connectivity index (χ0v) is 9.84. The van der Waals surface area contributed by atoms with Gasteiger partial charge in [0.25, 0.3) is 5.56 Å². The van der Waals surface area contributed by atoms with Gasteiger partial charge in [0.1, 0.15) is 11.5 Å². The molecule has 1 heterocycles. The first-order chi connectivity index (χ1) is 8.80. The molecule has 0 saturated heterocycles. The van der Waals surface area contributed by atoms with Crippen LogP contribution < -0.4 is 5.56 Å². The van der Waals surface area contributed by atoms with Gasteiger partial charge in [-0.2, -0.15) is 13.2 Å². The molecule has 3 nitrogen and oxygen atoms in total. The first kappa shape index (κ1) is 13.5. The molecule has 0 atom stereocenters. The second-order valence-corrected chi connectivity index (χ2v) is 4.00. The molecule has 0 unspecified atom stereocenters. The quantitative estimate of drug-likeness (QED) is 0.757. The van der Waals surface area contributed by atoms with Gasteiger partial charge in [-0.3, -0.25) is 14.3 Å². The fourth-order valence-electron chi connectivity index (χ4n) is 1.52. The smallest absolute Gasteiger partial charge is 0.267 e. The van der Waals surface area contributed by atoms with Crippen LogP contribution in [0.15, 0.2) is 35.4 Å². The average molecular weight is 293 g/mol. The Morgan fingerprint density at radius 3 is 2.47 bits per heavy atom. The third kappa shape index (κ3) is 2.60. The summed E-state index contributed by atoms with van der Waals surface area (Å²) in [5, 5.41) is 0.0110. The van der Waals surface area contributed by atoms with Gasteiger partial charge < -0.3 is 0 Å². The van der Waals surface area contributed by atoms with Gasteiger partial charge in [0, 0.05) is 5.02 Å². The van der Waals surface area contributed by atoms with E-state index in [-0.39, 0.29) is 9.59 Å². The summed E-state index contributed by atoms with van der Waals surface area (Å²) >= 11 is 5.51. The van der Waals surface area contributed by atoms with E-state index in [1.165, 1.54) is 6.07 Å². The van der Waals surface area contributed by atoms with Gasteiger partial charge in [0.2, 0.25) is 0 Å². The molecule has 0 saturated carbocycles. The Hall–Kier alpha value is -1.89. The van der Waals surface area contributed by atoms with Crippen molar-refractivity contribution in [2.75, 3.05) is 0 Å². The lowest BCUT2D eigenvalue weighted by molar-refractivity contribution is -0.143. The molecule has 0 aliphatic rings. The summed E-state index contributed by atoms with van der Waals surface area (Å²) in [5.41, 5.74) is -2.98. The van der Waals surface area contributed by atoms with Gasteiger partial charge in [-0.25, -0.2) is 4.39 Å². The molecule has 0 fully saturated rings. The van der Waals surface area contributed by atoms with E-state index in [9.17, 15) is 22.4 Å². The number of alkyl halides is 3. The van der Waals surface area contributed by atoms with Crippen molar-refractivity contribution in [3.8, 4) is 5.69 Å². The highest BCUT2D eigenvalue weighted by molar-refractivity contribution is 6.30. The summed E-state index contributed by atoms with van der Waals surface area (Å²) in [5.74, 6) is -1.04. The third-order valence-corrected chi connectivity index (χ3v) is 2.52. The number of aromatic nitrogens is 2. The van der Waals surface area contributed by atoms with Crippen LogP contribution in [0.2, 0.25) is 5.02 Å². The monoisotopic (exact) mass is 292 g/mol. The summed E-state index contributed by atoms with van der Waals surface area (Å²) in [7, 11) is 0. The lowest BCUT2D eigenvalue weighted by atomic mass is 10.2. The molecule has 100 valence electrons. The number of hydrogen-bond acceptors (Lipinski definition) is 2. The van der Waals surface area contributed by atoms with E-state index in [2.05, 4.69) is 4.98 Å². The molecule has 8 heteroatoms. The highest BCUT2D eigenvalue weighted by Gasteiger charge is 2.35. The van der Waals surface area contributed by atoms with Gasteiger partial charge in [-0.05, 0) is 18.2 Å². The van der Waals surface area contributed by atoms with Crippen molar-refractivity contribution in [3.63, 3.8) is 0 Å². The molecule has 0 spiro atoms. The number of benzene rings is 1. The molecule has 0 aliphatic carbocycles. The van der Waals surface area contributed by atoms with Crippen LogP contribution in [-0.4, -0.2) is 9.55 Å². The second kappa shape index (κ2) is 4.65. The highest BCUT2D eigenvalue weighted by atomic mass is 35.5. The van der Waals surface area contributed by atoms with Gasteiger partial charge in [0.15, 0.2) is 0 Å². The largest absolute Gasteiger partial charge is 0.433 e. The highest BCUT2D eigenvalue weighted by Crippen LogP contribution is 2.30. The Morgan fingerprint density at radius 1 is 1.21 bits per heavy atom. The van der Waals surface area contributed by atoms with E-state index in [0.29, 0.717) is 12.4 Å². The maximum absolute atomic E-state index is 13.7. The lowest BCUT2D eigenvalue weighted by Gasteiger charge is -2.14. The van der Waals surface area contributed by atoms with Crippen LogP contribution in [0.3, 0.4) is 0 Å². The normalized spacial score (nSPS) is 11.6. The molecule has 0 amide bonds. The first-order valence-electron chi connectivity index (χ1n) is 4.90. The zero-order chi connectivity index (χ0) is 14.2. The van der Waals surface area contributed by atoms with Crippen molar-refractivity contribution in [2.24, 2.45) is 0 Å². The summed E-state index contributed by atoms with van der Waals surface area (Å²) in [6, 6.07) is 3.01. The Labute approximate surface area is 109 Å². The maximum atomic E-state index is 13.7. The molecular formula is C11H5ClF4N2O. The average Bonchev–Trinajstić information content (AvgIpc) is 2.28. The minimum Gasteiger partial charge on any atom is -0.267 e. The van der Waals surface area contributed by atoms with Crippen molar-refractivity contribution in [2.45, 2.75) is 6.18 Å². The topological polar surface area (TPSA) is 34.9 Å². The Kier molecular flexibility index (Phi) is 3.32. The summed E-state index contributed by atoms with van der Waals surface area (Å²) in [6.45, 7) is 0. The summed E-state index contributed by atoms with van der Waals surface area (Å²) in [4.78, 5) is 14.7. The molecule has 0 radical (unpaired) electrons. The first-order valence-corrected chi connectivity index (χ1v) is 5.28. The molecule has 2 aromatic rings. The zero-order valence-electron chi connectivity index (χ0n) is 9.08. The molecule has 0 aliphatic heterocycles. The van der Waals surface area contributed by atoms with Gasteiger partial charge >= 0.3 is 6.18 Å². The van der Waals surface area contributed by atoms with Crippen LogP contribution in [0, 0.1) is 5.82 Å². The SMILES string of the molecule is O=c1cncc(C(F)(F)F)n1-c1ccc(Cl)cc1F. The standard InChI is InChI=1S/C11H5ClF4N2O/c12-6-1-2-8(7(13)3-6)18-9(11(14,15)16)4-17-5-10(18)19/h1-5H. The molecule has 1 aromatic heterocycles. The van der Waals surface area contributed by atoms with E-state index in [1.807, 2.05) is 0 Å². The lowest BCUT2D eigenvalue weighted by Crippen LogP contribution is -2.27. The molecule has 2 rings (SSSR count). The summed E-state index contributed by atoms with van der Waals surface area (Å²) in [6.07, 6.45) is -3.71. The Balaban J connectivity index is 2.78. The van der Waals surface area contributed by atoms with Crippen LogP contribution in [0.4, 0.5) is 17.6 Å². The third-order valence-electron chi connectivity index (χ3n) is 2.28. The van der Waals surface area contributed by atoms with E-state index in [4.69, 9.17) is 11.6 Å². The van der Waals surface area contributed by atoms with E-state index in [1.54, 1.807) is 0 Å². The molecule has 0 N–H and O–H groups in total. The van der Waals surface area contributed by atoms with Crippen molar-refractivity contribution < 1.29 is 17.6 Å². The number of hydrogen-bond donors (Lipinski definition) is 0. The van der Waals surface area contributed by atoms with Crippen LogP contribution in [-0.2, 0) is 6.18 Å². The van der Waals surface area contributed by atoms with Gasteiger partial charge in [-0.1, -0.05) is 11.6 Å². The van der Waals surface area contributed by atoms with E-state index >= 15 is 0 Å². The van der Waals surface area contributed by atoms with Crippen molar-refractivity contribution >= 4 is 11.6 Å². The minimum absolute atomic E-state index is 0.0110. The fraction of sp³-hybridized carbons (Fsp3) is 0.0909. The predicted molar refractivity (Wildman–Crippen MR) is 59.8 cm³/mol. The fourth-order valence-corrected chi connectivity index (χ4v) is 1.68. The van der Waals surface area contributed by atoms with Crippen LogP contribution in [0.25, 0.3) is 5.69 Å². The summed E-state index contributed by atoms with van der Waals surface area (Å²) < 4.78 is 52.2. The second-order valence-electron chi connectivity index (χ2n) is 3.56. The van der Waals surface area contributed by atoms with Crippen LogP contribution in [0.1, 0.15) is 5.69 Å². The Morgan fingerprint density at radius 2 is 1.89 bits per heavy atom.